The Morgan fingerprint density at radius 3 is 2.37 bits per heavy atom. The molecule has 0 saturated carbocycles. The van der Waals surface area contributed by atoms with E-state index in [4.69, 9.17) is 0 Å². The van der Waals surface area contributed by atoms with Crippen LogP contribution in [0.5, 0.6) is 0 Å². The molecule has 0 bridgehead atoms. The zero-order valence-electron chi connectivity index (χ0n) is 15.9. The molecule has 1 atom stereocenters. The number of halogens is 1. The van der Waals surface area contributed by atoms with Gasteiger partial charge in [-0.1, -0.05) is 6.08 Å². The number of likely N-dealkylation sites (tertiary alicyclic amines) is 1. The molecular formula is C21H28ClNO2S2. The first-order chi connectivity index (χ1) is 12.6. The Morgan fingerprint density at radius 2 is 1.85 bits per heavy atom. The Labute approximate surface area is 176 Å². The van der Waals surface area contributed by atoms with Crippen LogP contribution in [0.2, 0.25) is 0 Å². The number of carboxylic acids is 1. The molecule has 3 heterocycles. The Bertz CT molecular complexity index is 738. The van der Waals surface area contributed by atoms with Crippen LogP contribution in [0.1, 0.15) is 46.6 Å². The van der Waals surface area contributed by atoms with Gasteiger partial charge in [-0.25, -0.2) is 0 Å². The standard InChI is InChI=1S/C21H27NO2S2.ClH/c1-15-8-12-25-19(15)18(20-16(2)9-13-26-20)7-3-4-10-22-11-5-6-17(14-22)21(23)24;/h7-9,12-13,17H,3-6,10-11,14H2,1-2H3,(H,23,24);1H/t17-;/m1./s1. The van der Waals surface area contributed by atoms with Crippen molar-refractivity contribution < 1.29 is 9.90 Å². The van der Waals surface area contributed by atoms with Gasteiger partial charge in [0, 0.05) is 21.9 Å². The number of hydrogen-bond acceptors (Lipinski definition) is 4. The molecule has 0 spiro atoms. The van der Waals surface area contributed by atoms with Crippen molar-refractivity contribution in [2.45, 2.75) is 39.5 Å². The van der Waals surface area contributed by atoms with Crippen molar-refractivity contribution in [2.24, 2.45) is 5.92 Å². The Kier molecular flexibility index (Phi) is 8.55. The van der Waals surface area contributed by atoms with Gasteiger partial charge in [-0.05, 0) is 86.6 Å². The van der Waals surface area contributed by atoms with Gasteiger partial charge in [-0.3, -0.25) is 4.79 Å². The van der Waals surface area contributed by atoms with Crippen LogP contribution in [-0.2, 0) is 4.79 Å². The van der Waals surface area contributed by atoms with Crippen LogP contribution >= 0.6 is 35.1 Å². The minimum atomic E-state index is -0.641. The summed E-state index contributed by atoms with van der Waals surface area (Å²) in [6.07, 6.45) is 6.31. The van der Waals surface area contributed by atoms with E-state index in [9.17, 15) is 9.90 Å². The SMILES string of the molecule is Cc1ccsc1C(=CCCCN1CCC[C@@H](C(=O)O)C1)c1sccc1C.Cl. The molecule has 27 heavy (non-hydrogen) atoms. The number of carbonyl (C=O) groups is 1. The summed E-state index contributed by atoms with van der Waals surface area (Å²) in [5, 5.41) is 13.6. The van der Waals surface area contributed by atoms with Gasteiger partial charge >= 0.3 is 5.97 Å². The van der Waals surface area contributed by atoms with Crippen molar-refractivity contribution in [3.8, 4) is 0 Å². The molecule has 3 nitrogen and oxygen atoms in total. The number of piperidine rings is 1. The Balaban J connectivity index is 0.00000261. The molecule has 2 aromatic heterocycles. The van der Waals surface area contributed by atoms with E-state index in [1.807, 2.05) is 22.7 Å². The quantitative estimate of drug-likeness (QED) is 0.565. The summed E-state index contributed by atoms with van der Waals surface area (Å²) in [4.78, 5) is 16.3. The molecule has 0 amide bonds. The molecule has 1 saturated heterocycles. The number of allylic oxidation sites excluding steroid dienone is 1. The molecular weight excluding hydrogens is 398 g/mol. The molecule has 6 heteroatoms. The highest BCUT2D eigenvalue weighted by atomic mass is 35.5. The van der Waals surface area contributed by atoms with Gasteiger partial charge in [-0.2, -0.15) is 0 Å². The molecule has 2 aromatic rings. The fraction of sp³-hybridized carbons (Fsp3) is 0.476. The number of aryl methyl sites for hydroxylation is 2. The molecule has 0 aromatic carbocycles. The molecule has 1 aliphatic heterocycles. The lowest BCUT2D eigenvalue weighted by Gasteiger charge is -2.30. The highest BCUT2D eigenvalue weighted by Crippen LogP contribution is 2.35. The molecule has 0 aliphatic carbocycles. The van der Waals surface area contributed by atoms with Gasteiger partial charge < -0.3 is 10.0 Å². The lowest BCUT2D eigenvalue weighted by atomic mass is 9.98. The fourth-order valence-corrected chi connectivity index (χ4v) is 5.62. The number of carboxylic acid groups (broad SMARTS) is 1. The summed E-state index contributed by atoms with van der Waals surface area (Å²) in [7, 11) is 0. The zero-order chi connectivity index (χ0) is 18.5. The third-order valence-corrected chi connectivity index (χ3v) is 7.19. The second-order valence-corrected chi connectivity index (χ2v) is 8.94. The van der Waals surface area contributed by atoms with Crippen LogP contribution in [0, 0.1) is 19.8 Å². The largest absolute Gasteiger partial charge is 0.481 e. The van der Waals surface area contributed by atoms with E-state index >= 15 is 0 Å². The van der Waals surface area contributed by atoms with Crippen LogP contribution in [0.25, 0.3) is 5.57 Å². The van der Waals surface area contributed by atoms with Crippen LogP contribution < -0.4 is 0 Å². The van der Waals surface area contributed by atoms with Crippen molar-refractivity contribution >= 4 is 46.6 Å². The number of unbranched alkanes of at least 4 members (excludes halogenated alkanes) is 1. The van der Waals surface area contributed by atoms with E-state index < -0.39 is 5.97 Å². The highest BCUT2D eigenvalue weighted by molar-refractivity contribution is 7.14. The number of thiophene rings is 2. The normalized spacial score (nSPS) is 17.3. The van der Waals surface area contributed by atoms with E-state index in [1.165, 1.54) is 26.5 Å². The molecule has 3 rings (SSSR count). The smallest absolute Gasteiger partial charge is 0.307 e. The average Bonchev–Trinajstić information content (AvgIpc) is 3.24. The van der Waals surface area contributed by atoms with Crippen LogP contribution in [0.4, 0.5) is 0 Å². The van der Waals surface area contributed by atoms with Crippen LogP contribution in [0.3, 0.4) is 0 Å². The second-order valence-electron chi connectivity index (χ2n) is 7.10. The lowest BCUT2D eigenvalue weighted by Crippen LogP contribution is -2.39. The van der Waals surface area contributed by atoms with Gasteiger partial charge in [0.1, 0.15) is 0 Å². The topological polar surface area (TPSA) is 40.5 Å². The number of rotatable bonds is 7. The molecule has 1 N–H and O–H groups in total. The average molecular weight is 426 g/mol. The summed E-state index contributed by atoms with van der Waals surface area (Å²) in [6, 6.07) is 4.38. The molecule has 1 aliphatic rings. The van der Waals surface area contributed by atoms with Gasteiger partial charge in [-0.15, -0.1) is 35.1 Å². The van der Waals surface area contributed by atoms with E-state index in [2.05, 4.69) is 47.7 Å². The Morgan fingerprint density at radius 1 is 1.22 bits per heavy atom. The van der Waals surface area contributed by atoms with Crippen molar-refractivity contribution in [3.63, 3.8) is 0 Å². The second kappa shape index (κ2) is 10.4. The van der Waals surface area contributed by atoms with Crippen molar-refractivity contribution in [1.82, 2.24) is 4.90 Å². The maximum Gasteiger partial charge on any atom is 0.307 e. The summed E-state index contributed by atoms with van der Waals surface area (Å²) in [6.45, 7) is 7.10. The zero-order valence-corrected chi connectivity index (χ0v) is 18.4. The maximum absolute atomic E-state index is 11.2. The van der Waals surface area contributed by atoms with Crippen molar-refractivity contribution in [3.05, 3.63) is 49.9 Å². The van der Waals surface area contributed by atoms with E-state index in [-0.39, 0.29) is 18.3 Å². The molecule has 1 fully saturated rings. The predicted molar refractivity (Wildman–Crippen MR) is 118 cm³/mol. The number of hydrogen-bond donors (Lipinski definition) is 1. The minimum absolute atomic E-state index is 0. The van der Waals surface area contributed by atoms with Crippen molar-refractivity contribution in [2.75, 3.05) is 19.6 Å². The Hall–Kier alpha value is -1.14. The first-order valence-corrected chi connectivity index (χ1v) is 11.1. The summed E-state index contributed by atoms with van der Waals surface area (Å²) < 4.78 is 0. The van der Waals surface area contributed by atoms with Gasteiger partial charge in [0.05, 0.1) is 5.92 Å². The third-order valence-electron chi connectivity index (χ3n) is 5.10. The summed E-state index contributed by atoms with van der Waals surface area (Å²) in [5.74, 6) is -0.824. The van der Waals surface area contributed by atoms with Gasteiger partial charge in [0.25, 0.3) is 0 Å². The first-order valence-electron chi connectivity index (χ1n) is 9.30. The van der Waals surface area contributed by atoms with E-state index in [0.29, 0.717) is 6.54 Å². The summed E-state index contributed by atoms with van der Waals surface area (Å²) in [5.41, 5.74) is 4.05. The van der Waals surface area contributed by atoms with Crippen molar-refractivity contribution in [1.29, 1.82) is 0 Å². The van der Waals surface area contributed by atoms with E-state index in [1.54, 1.807) is 0 Å². The number of aliphatic carboxylic acids is 1. The van der Waals surface area contributed by atoms with Crippen LogP contribution in [-0.4, -0.2) is 35.6 Å². The monoisotopic (exact) mass is 425 g/mol. The number of nitrogens with zero attached hydrogens (tertiary/aromatic N) is 1. The van der Waals surface area contributed by atoms with Gasteiger partial charge in [0.15, 0.2) is 0 Å². The first kappa shape index (κ1) is 22.2. The highest BCUT2D eigenvalue weighted by Gasteiger charge is 2.24. The van der Waals surface area contributed by atoms with Crippen LogP contribution in [0.15, 0.2) is 29.0 Å². The predicted octanol–water partition coefficient (Wildman–Crippen LogP) is 5.86. The fourth-order valence-electron chi connectivity index (χ4n) is 3.61. The molecule has 0 radical (unpaired) electrons. The summed E-state index contributed by atoms with van der Waals surface area (Å²) >= 11 is 3.63. The molecule has 0 unspecified atom stereocenters. The lowest BCUT2D eigenvalue weighted by molar-refractivity contribution is -0.143. The van der Waals surface area contributed by atoms with Gasteiger partial charge in [0.2, 0.25) is 0 Å². The molecule has 148 valence electrons. The maximum atomic E-state index is 11.2. The third kappa shape index (κ3) is 5.67. The minimum Gasteiger partial charge on any atom is -0.481 e. The van der Waals surface area contributed by atoms with E-state index in [0.717, 1.165) is 38.8 Å².